The van der Waals surface area contributed by atoms with E-state index in [0.717, 1.165) is 31.4 Å². The van der Waals surface area contributed by atoms with Crippen molar-refractivity contribution in [1.82, 2.24) is 9.78 Å². The van der Waals surface area contributed by atoms with Crippen molar-refractivity contribution in [3.8, 4) is 0 Å². The molecule has 2 atom stereocenters. The van der Waals surface area contributed by atoms with E-state index in [2.05, 4.69) is 10.00 Å². The number of aryl methyl sites for hydroxylation is 1. The van der Waals surface area contributed by atoms with Crippen LogP contribution in [0.4, 0.5) is 5.69 Å². The zero-order valence-electron chi connectivity index (χ0n) is 11.1. The Morgan fingerprint density at radius 2 is 2.05 bits per heavy atom. The molecule has 1 aromatic rings. The first-order chi connectivity index (χ1) is 9.11. The van der Waals surface area contributed by atoms with Gasteiger partial charge >= 0.3 is 0 Å². The SMILES string of the molecule is CCn1ncc(N2C3CCC2CC(N)C3)c(Cl)c1=O. The minimum Gasteiger partial charge on any atom is -0.363 e. The third-order valence-electron chi connectivity index (χ3n) is 4.31. The summed E-state index contributed by atoms with van der Waals surface area (Å²) in [6, 6.07) is 1.09. The summed E-state index contributed by atoms with van der Waals surface area (Å²) in [5, 5.41) is 4.49. The van der Waals surface area contributed by atoms with E-state index in [0.29, 0.717) is 23.7 Å². The van der Waals surface area contributed by atoms with Gasteiger partial charge in [-0.15, -0.1) is 0 Å². The summed E-state index contributed by atoms with van der Waals surface area (Å²) in [4.78, 5) is 14.4. The molecular formula is C13H19ClN4O. The number of fused-ring (bicyclic) bond motifs is 2. The van der Waals surface area contributed by atoms with Crippen molar-refractivity contribution < 1.29 is 0 Å². The van der Waals surface area contributed by atoms with Gasteiger partial charge in [-0.25, -0.2) is 4.68 Å². The highest BCUT2D eigenvalue weighted by Crippen LogP contribution is 2.40. The molecule has 3 rings (SSSR count). The molecule has 2 aliphatic rings. The first-order valence-electron chi connectivity index (χ1n) is 6.91. The summed E-state index contributed by atoms with van der Waals surface area (Å²) in [7, 11) is 0. The molecule has 2 fully saturated rings. The highest BCUT2D eigenvalue weighted by atomic mass is 35.5. The molecule has 0 amide bonds. The van der Waals surface area contributed by atoms with Crippen molar-refractivity contribution in [2.24, 2.45) is 5.73 Å². The molecule has 2 saturated heterocycles. The number of piperidine rings is 1. The average molecular weight is 283 g/mol. The first-order valence-corrected chi connectivity index (χ1v) is 7.29. The number of anilines is 1. The third-order valence-corrected chi connectivity index (χ3v) is 4.67. The largest absolute Gasteiger partial charge is 0.363 e. The topological polar surface area (TPSA) is 64.2 Å². The van der Waals surface area contributed by atoms with Gasteiger partial charge in [-0.1, -0.05) is 11.6 Å². The first kappa shape index (κ1) is 12.9. The zero-order valence-corrected chi connectivity index (χ0v) is 11.8. The van der Waals surface area contributed by atoms with E-state index in [9.17, 15) is 4.79 Å². The van der Waals surface area contributed by atoms with E-state index in [4.69, 9.17) is 17.3 Å². The van der Waals surface area contributed by atoms with Crippen molar-refractivity contribution in [1.29, 1.82) is 0 Å². The van der Waals surface area contributed by atoms with Gasteiger partial charge in [-0.05, 0) is 32.6 Å². The van der Waals surface area contributed by atoms with E-state index in [-0.39, 0.29) is 11.6 Å². The molecule has 5 nitrogen and oxygen atoms in total. The van der Waals surface area contributed by atoms with Crippen molar-refractivity contribution in [2.45, 2.75) is 57.3 Å². The zero-order chi connectivity index (χ0) is 13.6. The van der Waals surface area contributed by atoms with Crippen LogP contribution in [0.25, 0.3) is 0 Å². The lowest BCUT2D eigenvalue weighted by Gasteiger charge is -2.39. The quantitative estimate of drug-likeness (QED) is 0.890. The maximum Gasteiger partial charge on any atom is 0.287 e. The molecule has 104 valence electrons. The van der Waals surface area contributed by atoms with Crippen LogP contribution in [-0.2, 0) is 6.54 Å². The lowest BCUT2D eigenvalue weighted by Crippen LogP contribution is -2.48. The molecule has 0 radical (unpaired) electrons. The van der Waals surface area contributed by atoms with Crippen LogP contribution in [0.1, 0.15) is 32.6 Å². The Balaban J connectivity index is 2.00. The van der Waals surface area contributed by atoms with Crippen molar-refractivity contribution in [2.75, 3.05) is 4.90 Å². The minimum absolute atomic E-state index is 0.198. The van der Waals surface area contributed by atoms with Crippen molar-refractivity contribution in [3.63, 3.8) is 0 Å². The molecule has 2 unspecified atom stereocenters. The van der Waals surface area contributed by atoms with Crippen molar-refractivity contribution >= 4 is 17.3 Å². The predicted octanol–water partition coefficient (Wildman–Crippen LogP) is 1.38. The standard InChI is InChI=1S/C13H19ClN4O/c1-2-17-13(19)12(14)11(7-16-17)18-9-3-4-10(18)6-8(15)5-9/h7-10H,2-6,15H2,1H3. The second-order valence-corrected chi connectivity index (χ2v) is 5.87. The molecule has 0 aromatic carbocycles. The summed E-state index contributed by atoms with van der Waals surface area (Å²) in [5.41, 5.74) is 6.66. The van der Waals surface area contributed by atoms with E-state index >= 15 is 0 Å². The van der Waals surface area contributed by atoms with Crippen LogP contribution in [-0.4, -0.2) is 27.9 Å². The normalized spacial score (nSPS) is 29.8. The summed E-state index contributed by atoms with van der Waals surface area (Å²) >= 11 is 6.26. The molecule has 6 heteroatoms. The second kappa shape index (κ2) is 4.80. The molecule has 2 bridgehead atoms. The highest BCUT2D eigenvalue weighted by Gasteiger charge is 2.40. The van der Waals surface area contributed by atoms with Gasteiger partial charge in [-0.2, -0.15) is 5.10 Å². The Morgan fingerprint density at radius 1 is 1.42 bits per heavy atom. The summed E-state index contributed by atoms with van der Waals surface area (Å²) < 4.78 is 1.39. The van der Waals surface area contributed by atoms with Crippen LogP contribution in [0.5, 0.6) is 0 Å². The van der Waals surface area contributed by atoms with Gasteiger partial charge in [0.05, 0.1) is 11.9 Å². The van der Waals surface area contributed by atoms with Gasteiger partial charge in [0, 0.05) is 24.7 Å². The summed E-state index contributed by atoms with van der Waals surface area (Å²) in [6.45, 7) is 2.42. The molecule has 1 aromatic heterocycles. The number of nitrogens with zero attached hydrogens (tertiary/aromatic N) is 3. The molecule has 2 aliphatic heterocycles. The third kappa shape index (κ3) is 2.05. The van der Waals surface area contributed by atoms with E-state index in [1.807, 2.05) is 6.92 Å². The van der Waals surface area contributed by atoms with Crippen LogP contribution in [0.15, 0.2) is 11.0 Å². The van der Waals surface area contributed by atoms with Crippen LogP contribution in [0, 0.1) is 0 Å². The lowest BCUT2D eigenvalue weighted by molar-refractivity contribution is 0.413. The van der Waals surface area contributed by atoms with E-state index in [1.165, 1.54) is 4.68 Å². The Morgan fingerprint density at radius 3 is 2.63 bits per heavy atom. The number of halogens is 1. The molecule has 0 saturated carbocycles. The smallest absolute Gasteiger partial charge is 0.287 e. The Labute approximate surface area is 117 Å². The maximum absolute atomic E-state index is 12.1. The van der Waals surface area contributed by atoms with Crippen LogP contribution >= 0.6 is 11.6 Å². The van der Waals surface area contributed by atoms with Gasteiger partial charge in [0.15, 0.2) is 0 Å². The fraction of sp³-hybridized carbons (Fsp3) is 0.692. The van der Waals surface area contributed by atoms with Crippen LogP contribution < -0.4 is 16.2 Å². The minimum atomic E-state index is -0.198. The lowest BCUT2D eigenvalue weighted by atomic mass is 9.98. The van der Waals surface area contributed by atoms with Crippen molar-refractivity contribution in [3.05, 3.63) is 21.6 Å². The van der Waals surface area contributed by atoms with Gasteiger partial charge in [0.1, 0.15) is 5.02 Å². The number of rotatable bonds is 2. The van der Waals surface area contributed by atoms with Gasteiger partial charge in [0.25, 0.3) is 5.56 Å². The fourth-order valence-electron chi connectivity index (χ4n) is 3.47. The van der Waals surface area contributed by atoms with Crippen LogP contribution in [0.3, 0.4) is 0 Å². The molecule has 3 heterocycles. The molecule has 2 N–H and O–H groups in total. The average Bonchev–Trinajstić information content (AvgIpc) is 2.65. The molecular weight excluding hydrogens is 264 g/mol. The van der Waals surface area contributed by atoms with Gasteiger partial charge in [0.2, 0.25) is 0 Å². The van der Waals surface area contributed by atoms with Gasteiger partial charge < -0.3 is 10.6 Å². The Hall–Kier alpha value is -1.07. The number of nitrogens with two attached hydrogens (primary N) is 1. The summed E-state index contributed by atoms with van der Waals surface area (Å²) in [5.74, 6) is 0. The fourth-order valence-corrected chi connectivity index (χ4v) is 3.72. The highest BCUT2D eigenvalue weighted by molar-refractivity contribution is 6.33. The molecule has 19 heavy (non-hydrogen) atoms. The summed E-state index contributed by atoms with van der Waals surface area (Å²) in [6.07, 6.45) is 5.94. The number of aromatic nitrogens is 2. The number of hydrogen-bond acceptors (Lipinski definition) is 4. The monoisotopic (exact) mass is 282 g/mol. The number of hydrogen-bond donors (Lipinski definition) is 1. The van der Waals surface area contributed by atoms with E-state index < -0.39 is 0 Å². The predicted molar refractivity (Wildman–Crippen MR) is 75.7 cm³/mol. The molecule has 0 aliphatic carbocycles. The van der Waals surface area contributed by atoms with Gasteiger partial charge in [-0.3, -0.25) is 4.79 Å². The second-order valence-electron chi connectivity index (χ2n) is 5.49. The Bertz CT molecular complexity index is 530. The maximum atomic E-state index is 12.1. The van der Waals surface area contributed by atoms with E-state index in [1.54, 1.807) is 6.20 Å². The molecule has 0 spiro atoms. The Kier molecular flexibility index (Phi) is 3.27. The van der Waals surface area contributed by atoms with Crippen LogP contribution in [0.2, 0.25) is 5.02 Å².